The highest BCUT2D eigenvalue weighted by Crippen LogP contribution is 2.30. The number of nitrogens with one attached hydrogen (secondary N) is 2. The summed E-state index contributed by atoms with van der Waals surface area (Å²) < 4.78 is 38.1. The van der Waals surface area contributed by atoms with Crippen molar-refractivity contribution in [2.45, 2.75) is 25.9 Å². The van der Waals surface area contributed by atoms with Crippen molar-refractivity contribution in [3.8, 4) is 0 Å². The maximum absolute atomic E-state index is 12.7. The van der Waals surface area contributed by atoms with Crippen LogP contribution in [0.4, 0.5) is 24.8 Å². The molecule has 0 saturated carbocycles. The Morgan fingerprint density at radius 1 is 1.25 bits per heavy atom. The average Bonchev–Trinajstić information content (AvgIpc) is 2.55. The fourth-order valence-corrected chi connectivity index (χ4v) is 1.92. The predicted molar refractivity (Wildman–Crippen MR) is 84.8 cm³/mol. The maximum Gasteiger partial charge on any atom is 0.416 e. The van der Waals surface area contributed by atoms with E-state index in [2.05, 4.69) is 20.6 Å². The molecule has 1 heterocycles. The second-order valence-corrected chi connectivity index (χ2v) is 5.08. The molecule has 0 atom stereocenters. The summed E-state index contributed by atoms with van der Waals surface area (Å²) in [6.07, 6.45) is -1.11. The lowest BCUT2D eigenvalue weighted by Crippen LogP contribution is -2.16. The van der Waals surface area contributed by atoms with Crippen LogP contribution < -0.4 is 10.6 Å². The van der Waals surface area contributed by atoms with Gasteiger partial charge in [-0.2, -0.15) is 13.2 Å². The van der Waals surface area contributed by atoms with Crippen LogP contribution in [-0.4, -0.2) is 22.4 Å². The molecule has 1 amide bonds. The van der Waals surface area contributed by atoms with Crippen molar-refractivity contribution in [1.29, 1.82) is 0 Å². The van der Waals surface area contributed by atoms with Gasteiger partial charge in [-0.15, -0.1) is 0 Å². The molecule has 2 N–H and O–H groups in total. The van der Waals surface area contributed by atoms with Gasteiger partial charge in [0.2, 0.25) is 5.95 Å². The van der Waals surface area contributed by atoms with Gasteiger partial charge in [0, 0.05) is 18.4 Å². The number of hydrogen-bond acceptors (Lipinski definition) is 4. The molecule has 0 aliphatic heterocycles. The van der Waals surface area contributed by atoms with Crippen LogP contribution in [0.1, 0.15) is 35.8 Å². The summed E-state index contributed by atoms with van der Waals surface area (Å²) in [7, 11) is 0. The molecule has 2 aromatic rings. The lowest BCUT2D eigenvalue weighted by Gasteiger charge is -2.10. The molecule has 24 heavy (non-hydrogen) atoms. The zero-order valence-corrected chi connectivity index (χ0v) is 13.0. The summed E-state index contributed by atoms with van der Waals surface area (Å²) in [6, 6.07) is 5.83. The molecule has 128 valence electrons. The van der Waals surface area contributed by atoms with Gasteiger partial charge in [0.15, 0.2) is 0 Å². The summed E-state index contributed by atoms with van der Waals surface area (Å²) in [5.41, 5.74) is -0.708. The molecule has 1 aromatic carbocycles. The molecule has 0 fully saturated rings. The number of rotatable bonds is 6. The van der Waals surface area contributed by atoms with Gasteiger partial charge in [0.05, 0.1) is 5.56 Å². The summed E-state index contributed by atoms with van der Waals surface area (Å²) in [4.78, 5) is 20.2. The minimum Gasteiger partial charge on any atom is -0.354 e. The standard InChI is InChI=1S/C16H17F3N4O/c1-2-3-8-20-15-21-9-7-13(23-15)14(24)22-12-6-4-5-11(10-12)16(17,18)19/h4-7,9-10H,2-3,8H2,1H3,(H,22,24)(H,20,21,23). The van der Waals surface area contributed by atoms with Gasteiger partial charge in [-0.1, -0.05) is 19.4 Å². The number of carbonyl (C=O) groups is 1. The first-order valence-corrected chi connectivity index (χ1v) is 7.45. The van der Waals surface area contributed by atoms with Crippen LogP contribution in [0.2, 0.25) is 0 Å². The van der Waals surface area contributed by atoms with Gasteiger partial charge < -0.3 is 10.6 Å². The number of benzene rings is 1. The third-order valence-corrected chi connectivity index (χ3v) is 3.15. The minimum absolute atomic E-state index is 0.0499. The van der Waals surface area contributed by atoms with E-state index in [1.807, 2.05) is 6.92 Å². The van der Waals surface area contributed by atoms with E-state index in [4.69, 9.17) is 0 Å². The van der Waals surface area contributed by atoms with Gasteiger partial charge in [-0.3, -0.25) is 4.79 Å². The summed E-state index contributed by atoms with van der Waals surface area (Å²) in [5, 5.41) is 5.39. The Balaban J connectivity index is 2.08. The minimum atomic E-state index is -4.47. The van der Waals surface area contributed by atoms with E-state index in [0.717, 1.165) is 25.0 Å². The average molecular weight is 338 g/mol. The number of aromatic nitrogens is 2. The van der Waals surface area contributed by atoms with E-state index in [-0.39, 0.29) is 11.4 Å². The van der Waals surface area contributed by atoms with Crippen LogP contribution in [0.5, 0.6) is 0 Å². The van der Waals surface area contributed by atoms with Crippen LogP contribution in [0.25, 0.3) is 0 Å². The van der Waals surface area contributed by atoms with Crippen LogP contribution in [0, 0.1) is 0 Å². The van der Waals surface area contributed by atoms with Gasteiger partial charge in [0.1, 0.15) is 5.69 Å². The molecular weight excluding hydrogens is 321 g/mol. The van der Waals surface area contributed by atoms with E-state index in [9.17, 15) is 18.0 Å². The first kappa shape index (κ1) is 17.7. The first-order valence-electron chi connectivity index (χ1n) is 7.45. The Bertz CT molecular complexity index is 704. The largest absolute Gasteiger partial charge is 0.416 e. The van der Waals surface area contributed by atoms with E-state index in [1.54, 1.807) is 0 Å². The van der Waals surface area contributed by atoms with Crippen molar-refractivity contribution < 1.29 is 18.0 Å². The molecule has 0 unspecified atom stereocenters. The van der Waals surface area contributed by atoms with Gasteiger partial charge >= 0.3 is 6.18 Å². The maximum atomic E-state index is 12.7. The van der Waals surface area contributed by atoms with Crippen LogP contribution in [0.15, 0.2) is 36.5 Å². The number of hydrogen-bond donors (Lipinski definition) is 2. The fourth-order valence-electron chi connectivity index (χ4n) is 1.92. The number of alkyl halides is 3. The smallest absolute Gasteiger partial charge is 0.354 e. The molecular formula is C16H17F3N4O. The summed E-state index contributed by atoms with van der Waals surface area (Å²) >= 11 is 0. The lowest BCUT2D eigenvalue weighted by molar-refractivity contribution is -0.137. The SMILES string of the molecule is CCCCNc1nccc(C(=O)Nc2cccc(C(F)(F)F)c2)n1. The highest BCUT2D eigenvalue weighted by Gasteiger charge is 2.30. The molecule has 5 nitrogen and oxygen atoms in total. The molecule has 0 aliphatic rings. The predicted octanol–water partition coefficient (Wildman–Crippen LogP) is 3.96. The first-order chi connectivity index (χ1) is 11.4. The molecule has 0 bridgehead atoms. The zero-order valence-electron chi connectivity index (χ0n) is 13.0. The molecule has 0 saturated heterocycles. The molecule has 0 aliphatic carbocycles. The second-order valence-electron chi connectivity index (χ2n) is 5.08. The third-order valence-electron chi connectivity index (χ3n) is 3.15. The van der Waals surface area contributed by atoms with Gasteiger partial charge in [0.25, 0.3) is 5.91 Å². The highest BCUT2D eigenvalue weighted by molar-refractivity contribution is 6.03. The Morgan fingerprint density at radius 2 is 2.04 bits per heavy atom. The van der Waals surface area contributed by atoms with E-state index < -0.39 is 17.6 Å². The van der Waals surface area contributed by atoms with Crippen molar-refractivity contribution in [3.05, 3.63) is 47.8 Å². The normalized spacial score (nSPS) is 11.2. The summed E-state index contributed by atoms with van der Waals surface area (Å²) in [5.74, 6) is -0.296. The Kier molecular flexibility index (Phi) is 5.73. The van der Waals surface area contributed by atoms with Gasteiger partial charge in [-0.25, -0.2) is 9.97 Å². The number of unbranched alkanes of at least 4 members (excludes halogenated alkanes) is 1. The zero-order chi connectivity index (χ0) is 17.6. The second kappa shape index (κ2) is 7.76. The number of nitrogens with zero attached hydrogens (tertiary/aromatic N) is 2. The third kappa shape index (κ3) is 4.94. The van der Waals surface area contributed by atoms with Crippen LogP contribution in [-0.2, 0) is 6.18 Å². The Hall–Kier alpha value is -2.64. The van der Waals surface area contributed by atoms with E-state index in [0.29, 0.717) is 12.5 Å². The highest BCUT2D eigenvalue weighted by atomic mass is 19.4. The van der Waals surface area contributed by atoms with E-state index in [1.165, 1.54) is 24.4 Å². The number of anilines is 2. The molecule has 8 heteroatoms. The molecule has 0 spiro atoms. The van der Waals surface area contributed by atoms with Crippen molar-refractivity contribution in [3.63, 3.8) is 0 Å². The van der Waals surface area contributed by atoms with Crippen LogP contribution >= 0.6 is 0 Å². The molecule has 0 radical (unpaired) electrons. The lowest BCUT2D eigenvalue weighted by atomic mass is 10.2. The van der Waals surface area contributed by atoms with Crippen LogP contribution in [0.3, 0.4) is 0 Å². The molecule has 2 rings (SSSR count). The summed E-state index contributed by atoms with van der Waals surface area (Å²) in [6.45, 7) is 2.72. The fraction of sp³-hybridized carbons (Fsp3) is 0.312. The van der Waals surface area contributed by atoms with Crippen molar-refractivity contribution >= 4 is 17.5 Å². The monoisotopic (exact) mass is 338 g/mol. The Morgan fingerprint density at radius 3 is 2.75 bits per heavy atom. The number of amides is 1. The molecule has 1 aromatic heterocycles. The number of carbonyl (C=O) groups excluding carboxylic acids is 1. The van der Waals surface area contributed by atoms with Crippen molar-refractivity contribution in [2.75, 3.05) is 17.2 Å². The topological polar surface area (TPSA) is 66.9 Å². The van der Waals surface area contributed by atoms with Gasteiger partial charge in [-0.05, 0) is 30.7 Å². The quantitative estimate of drug-likeness (QED) is 0.783. The Labute approximate surface area is 137 Å². The van der Waals surface area contributed by atoms with Crippen molar-refractivity contribution in [2.24, 2.45) is 0 Å². The van der Waals surface area contributed by atoms with E-state index >= 15 is 0 Å². The van der Waals surface area contributed by atoms with Crippen molar-refractivity contribution in [1.82, 2.24) is 9.97 Å². The number of halogens is 3.